The Morgan fingerprint density at radius 1 is 1.22 bits per heavy atom. The van der Waals surface area contributed by atoms with E-state index in [4.69, 9.17) is 0 Å². The summed E-state index contributed by atoms with van der Waals surface area (Å²) >= 11 is 0. The van der Waals surface area contributed by atoms with Crippen molar-refractivity contribution in [3.63, 3.8) is 0 Å². The van der Waals surface area contributed by atoms with Crippen LogP contribution in [0.5, 0.6) is 0 Å². The third-order valence-corrected chi connectivity index (χ3v) is 3.27. The second-order valence-electron chi connectivity index (χ2n) is 6.62. The van der Waals surface area contributed by atoms with E-state index in [1.807, 2.05) is 0 Å². The molecule has 0 aliphatic carbocycles. The van der Waals surface area contributed by atoms with E-state index in [0.29, 0.717) is 12.3 Å². The molecule has 2 heterocycles. The van der Waals surface area contributed by atoms with E-state index in [9.17, 15) is 9.59 Å². The normalized spacial score (nSPS) is 25.5. The van der Waals surface area contributed by atoms with Crippen molar-refractivity contribution in [1.29, 1.82) is 0 Å². The molecular weight excluding hydrogens is 228 g/mol. The Morgan fingerprint density at radius 3 is 2.17 bits per heavy atom. The Labute approximate surface area is 110 Å². The summed E-state index contributed by atoms with van der Waals surface area (Å²) in [5.41, 5.74) is 0.205. The lowest BCUT2D eigenvalue weighted by molar-refractivity contribution is -0.120. The Balaban J connectivity index is 0.000000184. The number of rotatable bonds is 2. The molecule has 0 aromatic heterocycles. The summed E-state index contributed by atoms with van der Waals surface area (Å²) in [7, 11) is 0. The molecule has 2 N–H and O–H groups in total. The number of hydrogen-bond acceptors (Lipinski definition) is 2. The molecule has 0 bridgehead atoms. The number of hydrogen-bond donors (Lipinski definition) is 2. The molecular formula is C14H26N2O2. The third kappa shape index (κ3) is 5.52. The fourth-order valence-corrected chi connectivity index (χ4v) is 2.40. The van der Waals surface area contributed by atoms with Gasteiger partial charge in [0.05, 0.1) is 0 Å². The van der Waals surface area contributed by atoms with Gasteiger partial charge in [0.2, 0.25) is 11.8 Å². The maximum Gasteiger partial charge on any atom is 0.220 e. The first-order chi connectivity index (χ1) is 8.28. The van der Waals surface area contributed by atoms with E-state index in [1.165, 1.54) is 6.42 Å². The van der Waals surface area contributed by atoms with Crippen LogP contribution >= 0.6 is 0 Å². The minimum absolute atomic E-state index is 0.190. The van der Waals surface area contributed by atoms with Crippen molar-refractivity contribution in [1.82, 2.24) is 10.6 Å². The van der Waals surface area contributed by atoms with Crippen molar-refractivity contribution < 1.29 is 9.59 Å². The predicted octanol–water partition coefficient (Wildman–Crippen LogP) is 1.70. The molecule has 0 spiro atoms. The van der Waals surface area contributed by atoms with Gasteiger partial charge in [-0.15, -0.1) is 0 Å². The minimum Gasteiger partial charge on any atom is -0.356 e. The van der Waals surface area contributed by atoms with Gasteiger partial charge in [0.25, 0.3) is 0 Å². The second kappa shape index (κ2) is 6.21. The van der Waals surface area contributed by atoms with Crippen LogP contribution in [-0.2, 0) is 9.59 Å². The number of nitrogens with one attached hydrogen (secondary N) is 2. The molecule has 0 aromatic rings. The molecule has 2 fully saturated rings. The Hall–Kier alpha value is -1.06. The largest absolute Gasteiger partial charge is 0.356 e. The lowest BCUT2D eigenvalue weighted by Gasteiger charge is -2.11. The zero-order valence-corrected chi connectivity index (χ0v) is 12.0. The topological polar surface area (TPSA) is 58.2 Å². The van der Waals surface area contributed by atoms with Gasteiger partial charge in [-0.2, -0.15) is 0 Å². The quantitative estimate of drug-likeness (QED) is 0.788. The maximum atomic E-state index is 10.7. The molecule has 2 aliphatic heterocycles. The van der Waals surface area contributed by atoms with Gasteiger partial charge in [0, 0.05) is 25.9 Å². The molecule has 2 amide bonds. The first-order valence-corrected chi connectivity index (χ1v) is 6.82. The first-order valence-electron chi connectivity index (χ1n) is 6.82. The van der Waals surface area contributed by atoms with Gasteiger partial charge in [0.15, 0.2) is 0 Å². The van der Waals surface area contributed by atoms with Crippen LogP contribution in [0.25, 0.3) is 0 Å². The molecule has 2 saturated heterocycles. The molecule has 0 radical (unpaired) electrons. The Kier molecular flexibility index (Phi) is 5.17. The number of carbonyl (C=O) groups is 2. The van der Waals surface area contributed by atoms with Crippen LogP contribution in [0.2, 0.25) is 0 Å². The molecule has 1 atom stereocenters. The highest BCUT2D eigenvalue weighted by Gasteiger charge is 2.28. The number of carbonyl (C=O) groups excluding carboxylic acids is 2. The second-order valence-corrected chi connectivity index (χ2v) is 6.62. The van der Waals surface area contributed by atoms with Gasteiger partial charge in [-0.3, -0.25) is 9.59 Å². The van der Waals surface area contributed by atoms with Crippen molar-refractivity contribution in [3.05, 3.63) is 0 Å². The van der Waals surface area contributed by atoms with Gasteiger partial charge in [-0.1, -0.05) is 27.7 Å². The molecule has 1 unspecified atom stereocenters. The van der Waals surface area contributed by atoms with Crippen LogP contribution in [0.3, 0.4) is 0 Å². The van der Waals surface area contributed by atoms with Crippen molar-refractivity contribution in [2.75, 3.05) is 13.1 Å². The van der Waals surface area contributed by atoms with Crippen LogP contribution in [0.1, 0.15) is 47.0 Å². The molecule has 2 rings (SSSR count). The predicted molar refractivity (Wildman–Crippen MR) is 72.0 cm³/mol. The van der Waals surface area contributed by atoms with Gasteiger partial charge >= 0.3 is 0 Å². The fourth-order valence-electron chi connectivity index (χ4n) is 2.40. The zero-order chi connectivity index (χ0) is 13.8. The average molecular weight is 254 g/mol. The lowest BCUT2D eigenvalue weighted by atomic mass is 9.93. The smallest absolute Gasteiger partial charge is 0.220 e. The monoisotopic (exact) mass is 254 g/mol. The molecule has 2 aliphatic rings. The fraction of sp³-hybridized carbons (Fsp3) is 0.857. The summed E-state index contributed by atoms with van der Waals surface area (Å²) in [6.07, 6.45) is 2.62. The molecule has 0 aromatic carbocycles. The van der Waals surface area contributed by atoms with Gasteiger partial charge in [0.1, 0.15) is 0 Å². The summed E-state index contributed by atoms with van der Waals surface area (Å²) in [5, 5.41) is 5.61. The third-order valence-electron chi connectivity index (χ3n) is 3.27. The molecule has 18 heavy (non-hydrogen) atoms. The highest BCUT2D eigenvalue weighted by atomic mass is 16.2. The maximum absolute atomic E-state index is 10.7. The van der Waals surface area contributed by atoms with Crippen molar-refractivity contribution in [2.24, 2.45) is 17.3 Å². The van der Waals surface area contributed by atoms with Crippen LogP contribution in [0, 0.1) is 17.3 Å². The van der Waals surface area contributed by atoms with Crippen LogP contribution < -0.4 is 10.6 Å². The van der Waals surface area contributed by atoms with Crippen molar-refractivity contribution in [2.45, 2.75) is 47.0 Å². The van der Waals surface area contributed by atoms with E-state index in [0.717, 1.165) is 25.4 Å². The van der Waals surface area contributed by atoms with Crippen molar-refractivity contribution >= 4 is 11.8 Å². The van der Waals surface area contributed by atoms with E-state index < -0.39 is 0 Å². The number of amides is 2. The summed E-state index contributed by atoms with van der Waals surface area (Å²) in [6.45, 7) is 10.3. The highest BCUT2D eigenvalue weighted by molar-refractivity contribution is 5.79. The standard InChI is InChI=1S/C8H15NO.C6H11NO/c1-6(2)3-7-4-8(10)9-5-7;1-6(2)3-5(8)7-4-6/h6-7H,3-5H2,1-2H3,(H,9,10);3-4H2,1-2H3,(H,7,8). The lowest BCUT2D eigenvalue weighted by Crippen LogP contribution is -2.16. The summed E-state index contributed by atoms with van der Waals surface area (Å²) in [5.74, 6) is 1.74. The average Bonchev–Trinajstić information content (AvgIpc) is 2.73. The molecule has 4 nitrogen and oxygen atoms in total. The summed E-state index contributed by atoms with van der Waals surface area (Å²) in [6, 6.07) is 0. The van der Waals surface area contributed by atoms with E-state index in [2.05, 4.69) is 38.3 Å². The van der Waals surface area contributed by atoms with Gasteiger partial charge in [-0.05, 0) is 23.7 Å². The van der Waals surface area contributed by atoms with E-state index in [-0.39, 0.29) is 17.2 Å². The SMILES string of the molecule is CC(C)CC1CNC(=O)C1.CC1(C)CNC(=O)C1. The molecule has 4 heteroatoms. The zero-order valence-electron chi connectivity index (χ0n) is 12.0. The summed E-state index contributed by atoms with van der Waals surface area (Å²) < 4.78 is 0. The highest BCUT2D eigenvalue weighted by Crippen LogP contribution is 2.22. The van der Waals surface area contributed by atoms with Gasteiger partial charge < -0.3 is 10.6 Å². The molecule has 104 valence electrons. The van der Waals surface area contributed by atoms with Crippen LogP contribution in [0.4, 0.5) is 0 Å². The first kappa shape index (κ1) is 15.0. The summed E-state index contributed by atoms with van der Waals surface area (Å²) in [4.78, 5) is 21.3. The minimum atomic E-state index is 0.190. The van der Waals surface area contributed by atoms with Crippen LogP contribution in [-0.4, -0.2) is 24.9 Å². The van der Waals surface area contributed by atoms with Gasteiger partial charge in [-0.25, -0.2) is 0 Å². The molecule has 0 saturated carbocycles. The Bertz CT molecular complexity index is 311. The van der Waals surface area contributed by atoms with Crippen LogP contribution in [0.15, 0.2) is 0 Å². The van der Waals surface area contributed by atoms with Crippen molar-refractivity contribution in [3.8, 4) is 0 Å². The van der Waals surface area contributed by atoms with E-state index in [1.54, 1.807) is 0 Å². The Morgan fingerprint density at radius 2 is 1.89 bits per heavy atom. The van der Waals surface area contributed by atoms with E-state index >= 15 is 0 Å².